The maximum Gasteiger partial charge on any atom is 0.191 e. The van der Waals surface area contributed by atoms with E-state index < -0.39 is 0 Å². The molecule has 1 unspecified atom stereocenters. The zero-order valence-corrected chi connectivity index (χ0v) is 15.2. The Morgan fingerprint density at radius 3 is 2.45 bits per heavy atom. The van der Waals surface area contributed by atoms with Gasteiger partial charge in [0.15, 0.2) is 5.96 Å². The highest BCUT2D eigenvalue weighted by atomic mass is 16.5. The molecule has 0 aromatic rings. The van der Waals surface area contributed by atoms with E-state index in [9.17, 15) is 0 Å². The largest absolute Gasteiger partial charge is 0.377 e. The Bertz CT molecular complexity index is 321. The first kappa shape index (κ1) is 19.2. The van der Waals surface area contributed by atoms with E-state index in [2.05, 4.69) is 48.5 Å². The molecule has 1 saturated carbocycles. The van der Waals surface area contributed by atoms with Crippen molar-refractivity contribution in [2.24, 2.45) is 10.4 Å². The lowest BCUT2D eigenvalue weighted by atomic mass is 9.67. The summed E-state index contributed by atoms with van der Waals surface area (Å²) in [5.41, 5.74) is 0.502. The predicted molar refractivity (Wildman–Crippen MR) is 94.5 cm³/mol. The van der Waals surface area contributed by atoms with Crippen LogP contribution in [0.4, 0.5) is 0 Å². The molecule has 0 aliphatic heterocycles. The SMILES string of the molecule is CCOC(CCN(C)C)CNC(=NC)NCC1(CC)CCC1. The van der Waals surface area contributed by atoms with Crippen molar-refractivity contribution in [1.82, 2.24) is 15.5 Å². The minimum absolute atomic E-state index is 0.231. The highest BCUT2D eigenvalue weighted by Crippen LogP contribution is 2.42. The van der Waals surface area contributed by atoms with Gasteiger partial charge >= 0.3 is 0 Å². The van der Waals surface area contributed by atoms with Gasteiger partial charge in [-0.05, 0) is 52.1 Å². The molecule has 0 heterocycles. The number of hydrogen-bond acceptors (Lipinski definition) is 3. The molecule has 130 valence electrons. The fraction of sp³-hybridized carbons (Fsp3) is 0.941. The molecule has 2 N–H and O–H groups in total. The smallest absolute Gasteiger partial charge is 0.191 e. The Balaban J connectivity index is 2.34. The topological polar surface area (TPSA) is 48.9 Å². The fourth-order valence-electron chi connectivity index (χ4n) is 2.92. The van der Waals surface area contributed by atoms with Crippen molar-refractivity contribution >= 4 is 5.96 Å². The normalized spacial score (nSPS) is 18.9. The lowest BCUT2D eigenvalue weighted by Crippen LogP contribution is -2.48. The van der Waals surface area contributed by atoms with Crippen LogP contribution in [0.3, 0.4) is 0 Å². The van der Waals surface area contributed by atoms with Crippen LogP contribution in [0.25, 0.3) is 0 Å². The van der Waals surface area contributed by atoms with Crippen LogP contribution in [0.15, 0.2) is 4.99 Å². The fourth-order valence-corrected chi connectivity index (χ4v) is 2.92. The molecule has 0 radical (unpaired) electrons. The molecule has 1 fully saturated rings. The minimum Gasteiger partial charge on any atom is -0.377 e. The van der Waals surface area contributed by atoms with Crippen molar-refractivity contribution in [2.45, 2.75) is 52.1 Å². The van der Waals surface area contributed by atoms with E-state index in [0.717, 1.165) is 38.6 Å². The summed E-state index contributed by atoms with van der Waals surface area (Å²) in [5, 5.41) is 6.92. The standard InChI is InChI=1S/C17H36N4O/c1-6-17(10-8-11-17)14-20-16(18-3)19-13-15(22-7-2)9-12-21(4)5/h15H,6-14H2,1-5H3,(H2,18,19,20). The summed E-state index contributed by atoms with van der Waals surface area (Å²) in [5.74, 6) is 0.897. The molecule has 1 aliphatic carbocycles. The Labute approximate surface area is 136 Å². The molecule has 5 heteroatoms. The maximum atomic E-state index is 5.81. The average Bonchev–Trinajstić information content (AvgIpc) is 2.46. The molecule has 0 spiro atoms. The van der Waals surface area contributed by atoms with Crippen LogP contribution in [0, 0.1) is 5.41 Å². The molecule has 0 aromatic carbocycles. The van der Waals surface area contributed by atoms with Gasteiger partial charge < -0.3 is 20.3 Å². The van der Waals surface area contributed by atoms with Gasteiger partial charge in [0.2, 0.25) is 0 Å². The lowest BCUT2D eigenvalue weighted by Gasteiger charge is -2.41. The molecule has 22 heavy (non-hydrogen) atoms. The van der Waals surface area contributed by atoms with Gasteiger partial charge in [-0.3, -0.25) is 4.99 Å². The van der Waals surface area contributed by atoms with Gasteiger partial charge in [0.05, 0.1) is 6.10 Å². The second-order valence-electron chi connectivity index (χ2n) is 6.68. The van der Waals surface area contributed by atoms with Gasteiger partial charge in [-0.2, -0.15) is 0 Å². The third kappa shape index (κ3) is 6.53. The minimum atomic E-state index is 0.231. The number of hydrogen-bond donors (Lipinski definition) is 2. The van der Waals surface area contributed by atoms with Gasteiger partial charge in [-0.25, -0.2) is 0 Å². The second kappa shape index (κ2) is 10.1. The number of nitrogens with zero attached hydrogens (tertiary/aromatic N) is 2. The molecule has 5 nitrogen and oxygen atoms in total. The first-order valence-corrected chi connectivity index (χ1v) is 8.76. The van der Waals surface area contributed by atoms with Gasteiger partial charge in [0.1, 0.15) is 0 Å². The molecule has 1 atom stereocenters. The van der Waals surface area contributed by atoms with Crippen LogP contribution >= 0.6 is 0 Å². The highest BCUT2D eigenvalue weighted by molar-refractivity contribution is 5.79. The Kier molecular flexibility index (Phi) is 8.79. The van der Waals surface area contributed by atoms with Crippen LogP contribution in [0.2, 0.25) is 0 Å². The van der Waals surface area contributed by atoms with E-state index in [1.165, 1.54) is 25.7 Å². The van der Waals surface area contributed by atoms with Crippen molar-refractivity contribution in [3.8, 4) is 0 Å². The van der Waals surface area contributed by atoms with E-state index in [1.807, 2.05) is 7.05 Å². The summed E-state index contributed by atoms with van der Waals surface area (Å²) in [7, 11) is 6.03. The number of guanidine groups is 1. The summed E-state index contributed by atoms with van der Waals surface area (Å²) < 4.78 is 5.81. The van der Waals surface area contributed by atoms with Gasteiger partial charge in [0.25, 0.3) is 0 Å². The van der Waals surface area contributed by atoms with E-state index in [-0.39, 0.29) is 6.10 Å². The molecule has 0 saturated heterocycles. The summed E-state index contributed by atoms with van der Waals surface area (Å²) in [6.07, 6.45) is 6.58. The zero-order valence-electron chi connectivity index (χ0n) is 15.2. The van der Waals surface area contributed by atoms with Crippen molar-refractivity contribution in [1.29, 1.82) is 0 Å². The Hall–Kier alpha value is -0.810. The van der Waals surface area contributed by atoms with Crippen molar-refractivity contribution in [3.05, 3.63) is 0 Å². The summed E-state index contributed by atoms with van der Waals surface area (Å²) in [6.45, 7) is 7.98. The molecule has 1 aliphatic rings. The average molecular weight is 313 g/mol. The van der Waals surface area contributed by atoms with Gasteiger partial charge in [0, 0.05) is 33.3 Å². The summed E-state index contributed by atoms with van der Waals surface area (Å²) in [6, 6.07) is 0. The zero-order chi connectivity index (χ0) is 16.4. The van der Waals surface area contributed by atoms with Crippen molar-refractivity contribution in [2.75, 3.05) is 47.4 Å². The summed E-state index contributed by atoms with van der Waals surface area (Å²) >= 11 is 0. The van der Waals surface area contributed by atoms with E-state index in [1.54, 1.807) is 0 Å². The molecule has 0 bridgehead atoms. The third-order valence-corrected chi connectivity index (χ3v) is 4.82. The third-order valence-electron chi connectivity index (χ3n) is 4.82. The Morgan fingerprint density at radius 1 is 1.27 bits per heavy atom. The lowest BCUT2D eigenvalue weighted by molar-refractivity contribution is 0.0547. The number of rotatable bonds is 10. The molecular weight excluding hydrogens is 276 g/mol. The van der Waals surface area contributed by atoms with Crippen LogP contribution in [0.5, 0.6) is 0 Å². The molecular formula is C17H36N4O. The molecule has 0 amide bonds. The summed E-state index contributed by atoms with van der Waals surface area (Å²) in [4.78, 5) is 6.53. The Morgan fingerprint density at radius 2 is 2.00 bits per heavy atom. The van der Waals surface area contributed by atoms with Crippen molar-refractivity contribution < 1.29 is 4.74 Å². The van der Waals surface area contributed by atoms with Crippen LogP contribution in [0.1, 0.15) is 46.0 Å². The highest BCUT2D eigenvalue weighted by Gasteiger charge is 2.34. The first-order valence-electron chi connectivity index (χ1n) is 8.76. The number of aliphatic imine (C=N–C) groups is 1. The van der Waals surface area contributed by atoms with Gasteiger partial charge in [-0.1, -0.05) is 13.3 Å². The van der Waals surface area contributed by atoms with Crippen LogP contribution in [-0.4, -0.2) is 64.3 Å². The van der Waals surface area contributed by atoms with Crippen molar-refractivity contribution in [3.63, 3.8) is 0 Å². The second-order valence-corrected chi connectivity index (χ2v) is 6.68. The molecule has 1 rings (SSSR count). The predicted octanol–water partition coefficient (Wildman–Crippen LogP) is 2.09. The first-order chi connectivity index (χ1) is 10.5. The van der Waals surface area contributed by atoms with E-state index >= 15 is 0 Å². The quantitative estimate of drug-likeness (QED) is 0.479. The maximum absolute atomic E-state index is 5.81. The van der Waals surface area contributed by atoms with E-state index in [4.69, 9.17) is 4.74 Å². The van der Waals surface area contributed by atoms with E-state index in [0.29, 0.717) is 5.41 Å². The number of nitrogens with one attached hydrogen (secondary N) is 2. The number of ether oxygens (including phenoxy) is 1. The monoisotopic (exact) mass is 312 g/mol. The van der Waals surface area contributed by atoms with Crippen LogP contribution < -0.4 is 10.6 Å². The van der Waals surface area contributed by atoms with Gasteiger partial charge in [-0.15, -0.1) is 0 Å². The molecule has 0 aromatic heterocycles. The van der Waals surface area contributed by atoms with Crippen LogP contribution in [-0.2, 0) is 4.74 Å².